The number of aryl methyl sites for hydroxylation is 2. The van der Waals surface area contributed by atoms with Crippen LogP contribution in [0, 0.1) is 19.8 Å². The first kappa shape index (κ1) is 19.5. The van der Waals surface area contributed by atoms with Gasteiger partial charge in [0, 0.05) is 6.26 Å². The van der Waals surface area contributed by atoms with E-state index in [1.165, 1.54) is 0 Å². The summed E-state index contributed by atoms with van der Waals surface area (Å²) < 4.78 is 56.3. The molecule has 0 radical (unpaired) electrons. The molecule has 2 aromatic rings. The molecular weight excluding hydrogens is 366 g/mol. The minimum atomic E-state index is -3.86. The maximum absolute atomic E-state index is 12.8. The molecule has 0 amide bonds. The number of benzene rings is 1. The van der Waals surface area contributed by atoms with Crippen molar-refractivity contribution in [3.05, 3.63) is 35.2 Å². The molecule has 138 valence electrons. The smallest absolute Gasteiger partial charge is 0.335 e. The van der Waals surface area contributed by atoms with Crippen LogP contribution in [0.25, 0.3) is 0 Å². The van der Waals surface area contributed by atoms with Crippen molar-refractivity contribution in [1.82, 2.24) is 14.9 Å². The largest absolute Gasteiger partial charge is 0.411 e. The maximum atomic E-state index is 12.8. The van der Waals surface area contributed by atoms with Crippen LogP contribution in [-0.2, 0) is 19.9 Å². The van der Waals surface area contributed by atoms with Crippen LogP contribution in [0.1, 0.15) is 36.9 Å². The number of sulfonamides is 1. The summed E-state index contributed by atoms with van der Waals surface area (Å²) in [7, 11) is -7.53. The van der Waals surface area contributed by atoms with Crippen LogP contribution < -0.4 is 4.72 Å². The third kappa shape index (κ3) is 4.44. The summed E-state index contributed by atoms with van der Waals surface area (Å²) in [6, 6.07) is 4.27. The van der Waals surface area contributed by atoms with Crippen LogP contribution in [0.5, 0.6) is 0 Å². The molecule has 0 fully saturated rings. The standard InChI is InChI=1S/C15H21N3O5S2/c1-9(2)13(14-16-17-15(23-14)24(5,19)20)18-25(21,22)12-8-10(3)6-7-11(12)4/h6-9,13,18H,1-5H3/t13-/m0/s1. The van der Waals surface area contributed by atoms with Crippen LogP contribution in [-0.4, -0.2) is 33.3 Å². The van der Waals surface area contributed by atoms with E-state index in [0.717, 1.165) is 11.8 Å². The number of nitrogens with one attached hydrogen (secondary N) is 1. The monoisotopic (exact) mass is 387 g/mol. The quantitative estimate of drug-likeness (QED) is 0.802. The van der Waals surface area contributed by atoms with E-state index in [9.17, 15) is 16.8 Å². The molecule has 0 saturated heterocycles. The summed E-state index contributed by atoms with van der Waals surface area (Å²) in [5.74, 6) is -0.336. The Bertz CT molecular complexity index is 978. The Balaban J connectivity index is 2.42. The molecule has 0 unspecified atom stereocenters. The van der Waals surface area contributed by atoms with Gasteiger partial charge in [-0.25, -0.2) is 16.8 Å². The van der Waals surface area contributed by atoms with Gasteiger partial charge >= 0.3 is 5.22 Å². The van der Waals surface area contributed by atoms with Gasteiger partial charge in [-0.3, -0.25) is 0 Å². The fourth-order valence-corrected chi connectivity index (χ4v) is 4.29. The van der Waals surface area contributed by atoms with E-state index in [-0.39, 0.29) is 16.7 Å². The summed E-state index contributed by atoms with van der Waals surface area (Å²) in [6.45, 7) is 7.03. The van der Waals surface area contributed by atoms with Gasteiger partial charge in [-0.15, -0.1) is 5.10 Å². The molecule has 2 rings (SSSR count). The zero-order valence-electron chi connectivity index (χ0n) is 14.6. The molecule has 8 nitrogen and oxygen atoms in total. The van der Waals surface area contributed by atoms with Crippen molar-refractivity contribution in [1.29, 1.82) is 0 Å². The minimum absolute atomic E-state index is 0.0932. The fraction of sp³-hybridized carbons (Fsp3) is 0.467. The van der Waals surface area contributed by atoms with Crippen LogP contribution >= 0.6 is 0 Å². The molecule has 1 aromatic carbocycles. The van der Waals surface area contributed by atoms with Gasteiger partial charge in [0.2, 0.25) is 25.8 Å². The van der Waals surface area contributed by atoms with Gasteiger partial charge in [0.05, 0.1) is 4.90 Å². The third-order valence-electron chi connectivity index (χ3n) is 3.59. The highest BCUT2D eigenvalue weighted by Gasteiger charge is 2.30. The summed E-state index contributed by atoms with van der Waals surface area (Å²) in [5, 5.41) is 6.64. The van der Waals surface area contributed by atoms with Crippen LogP contribution in [0.4, 0.5) is 0 Å². The molecule has 0 bridgehead atoms. The van der Waals surface area contributed by atoms with E-state index in [1.807, 2.05) is 6.07 Å². The van der Waals surface area contributed by atoms with E-state index in [4.69, 9.17) is 4.42 Å². The summed E-state index contributed by atoms with van der Waals surface area (Å²) in [4.78, 5) is 0.154. The number of aromatic nitrogens is 2. The SMILES string of the molecule is Cc1ccc(C)c(S(=O)(=O)N[C@H](c2nnc(S(C)(=O)=O)o2)C(C)C)c1. The third-order valence-corrected chi connectivity index (χ3v) is 5.97. The molecule has 0 aliphatic heterocycles. The molecule has 1 aromatic heterocycles. The Kier molecular flexibility index (Phi) is 5.35. The summed E-state index contributed by atoms with van der Waals surface area (Å²) in [5.41, 5.74) is 1.41. The first-order valence-electron chi connectivity index (χ1n) is 7.55. The molecule has 25 heavy (non-hydrogen) atoms. The van der Waals surface area contributed by atoms with Gasteiger partial charge in [0.1, 0.15) is 6.04 Å². The zero-order valence-corrected chi connectivity index (χ0v) is 16.3. The van der Waals surface area contributed by atoms with E-state index in [0.29, 0.717) is 5.56 Å². The first-order chi connectivity index (χ1) is 11.4. The molecule has 1 atom stereocenters. The second-order valence-corrected chi connectivity index (χ2v) is 9.87. The first-order valence-corrected chi connectivity index (χ1v) is 10.9. The van der Waals surface area contributed by atoms with Gasteiger partial charge in [-0.1, -0.05) is 31.1 Å². The van der Waals surface area contributed by atoms with Crippen LogP contribution in [0.2, 0.25) is 0 Å². The van der Waals surface area contributed by atoms with Crippen molar-refractivity contribution >= 4 is 19.9 Å². The molecule has 0 aliphatic rings. The van der Waals surface area contributed by atoms with E-state index in [2.05, 4.69) is 14.9 Å². The normalized spacial score (nSPS) is 14.0. The highest BCUT2D eigenvalue weighted by atomic mass is 32.2. The van der Waals surface area contributed by atoms with Crippen molar-refractivity contribution in [2.45, 2.75) is 43.9 Å². The fourth-order valence-electron chi connectivity index (χ4n) is 2.20. The number of hydrogen-bond donors (Lipinski definition) is 1. The average molecular weight is 387 g/mol. The lowest BCUT2D eigenvalue weighted by Crippen LogP contribution is -2.32. The van der Waals surface area contributed by atoms with E-state index >= 15 is 0 Å². The van der Waals surface area contributed by atoms with Gasteiger partial charge in [0.15, 0.2) is 0 Å². The van der Waals surface area contributed by atoms with Crippen molar-refractivity contribution in [3.63, 3.8) is 0 Å². The molecule has 0 spiro atoms. The molecule has 0 saturated carbocycles. The van der Waals surface area contributed by atoms with Gasteiger partial charge < -0.3 is 4.42 Å². The molecule has 0 aliphatic carbocycles. The second kappa shape index (κ2) is 6.85. The number of rotatable bonds is 6. The zero-order chi connectivity index (χ0) is 19.0. The predicted molar refractivity (Wildman–Crippen MR) is 91.2 cm³/mol. The second-order valence-electron chi connectivity index (χ2n) is 6.29. The maximum Gasteiger partial charge on any atom is 0.335 e. The molecular formula is C15H21N3O5S2. The topological polar surface area (TPSA) is 119 Å². The van der Waals surface area contributed by atoms with Crippen LogP contribution in [0.15, 0.2) is 32.7 Å². The lowest BCUT2D eigenvalue weighted by molar-refractivity contribution is 0.327. The Morgan fingerprint density at radius 2 is 1.72 bits per heavy atom. The van der Waals surface area contributed by atoms with E-state index in [1.54, 1.807) is 39.8 Å². The summed E-state index contributed by atoms with van der Waals surface area (Å²) in [6.07, 6.45) is 0.939. The van der Waals surface area contributed by atoms with Crippen molar-refractivity contribution < 1.29 is 21.3 Å². The van der Waals surface area contributed by atoms with Gasteiger partial charge in [-0.05, 0) is 37.0 Å². The van der Waals surface area contributed by atoms with Crippen LogP contribution in [0.3, 0.4) is 0 Å². The lowest BCUT2D eigenvalue weighted by atomic mass is 10.1. The number of hydrogen-bond acceptors (Lipinski definition) is 7. The predicted octanol–water partition coefficient (Wildman–Crippen LogP) is 1.77. The Morgan fingerprint density at radius 1 is 1.08 bits per heavy atom. The number of sulfone groups is 1. The Hall–Kier alpha value is -1.78. The lowest BCUT2D eigenvalue weighted by Gasteiger charge is -2.19. The minimum Gasteiger partial charge on any atom is -0.411 e. The Labute approximate surface area is 147 Å². The molecule has 1 heterocycles. The average Bonchev–Trinajstić information content (AvgIpc) is 2.96. The van der Waals surface area contributed by atoms with E-state index < -0.39 is 31.1 Å². The van der Waals surface area contributed by atoms with Crippen molar-refractivity contribution in [3.8, 4) is 0 Å². The van der Waals surface area contributed by atoms with Gasteiger partial charge in [-0.2, -0.15) is 4.72 Å². The van der Waals surface area contributed by atoms with Crippen molar-refractivity contribution in [2.75, 3.05) is 6.26 Å². The van der Waals surface area contributed by atoms with Crippen molar-refractivity contribution in [2.24, 2.45) is 5.92 Å². The highest BCUT2D eigenvalue weighted by molar-refractivity contribution is 7.90. The number of nitrogens with zero attached hydrogens (tertiary/aromatic N) is 2. The summed E-state index contributed by atoms with van der Waals surface area (Å²) >= 11 is 0. The molecule has 10 heteroatoms. The van der Waals surface area contributed by atoms with Gasteiger partial charge in [0.25, 0.3) is 0 Å². The Morgan fingerprint density at radius 3 is 2.24 bits per heavy atom. The highest BCUT2D eigenvalue weighted by Crippen LogP contribution is 2.26. The molecule has 1 N–H and O–H groups in total.